The van der Waals surface area contributed by atoms with Crippen LogP contribution in [0, 0.1) is 0 Å². The summed E-state index contributed by atoms with van der Waals surface area (Å²) in [6, 6.07) is 11.1. The van der Waals surface area contributed by atoms with Gasteiger partial charge in [0.2, 0.25) is 0 Å². The molecule has 0 saturated heterocycles. The third-order valence-corrected chi connectivity index (χ3v) is 2.94. The number of carboxylic acids is 1. The average Bonchev–Trinajstić information content (AvgIpc) is 2.47. The normalized spacial score (nSPS) is 11.5. The molecule has 0 spiro atoms. The summed E-state index contributed by atoms with van der Waals surface area (Å²) in [6.45, 7) is 3.04. The molecule has 0 amide bonds. The number of hydrogen-bond donors (Lipinski definition) is 1. The van der Waals surface area contributed by atoms with Crippen LogP contribution in [-0.4, -0.2) is 21.7 Å². The van der Waals surface area contributed by atoms with Gasteiger partial charge in [0.15, 0.2) is 5.60 Å². The highest BCUT2D eigenvalue weighted by atomic mass is 16.5. The van der Waals surface area contributed by atoms with Crippen LogP contribution in [0.4, 0.5) is 0 Å². The first-order chi connectivity index (χ1) is 9.97. The van der Waals surface area contributed by atoms with E-state index >= 15 is 0 Å². The third kappa shape index (κ3) is 4.18. The van der Waals surface area contributed by atoms with Gasteiger partial charge >= 0.3 is 5.97 Å². The van der Waals surface area contributed by atoms with Crippen LogP contribution in [0.25, 0.3) is 12.2 Å². The van der Waals surface area contributed by atoms with Crippen LogP contribution in [0.15, 0.2) is 48.8 Å². The lowest BCUT2D eigenvalue weighted by molar-refractivity contribution is -0.152. The van der Waals surface area contributed by atoms with Gasteiger partial charge in [-0.1, -0.05) is 24.3 Å². The summed E-state index contributed by atoms with van der Waals surface area (Å²) in [4.78, 5) is 15.0. The maximum absolute atomic E-state index is 11.0. The number of hydrogen-bond acceptors (Lipinski definition) is 3. The number of nitrogens with zero attached hydrogens (tertiary/aromatic N) is 1. The van der Waals surface area contributed by atoms with Gasteiger partial charge in [0, 0.05) is 12.4 Å². The van der Waals surface area contributed by atoms with Crippen molar-refractivity contribution >= 4 is 18.1 Å². The van der Waals surface area contributed by atoms with E-state index in [0.29, 0.717) is 5.75 Å². The smallest absolute Gasteiger partial charge is 0.347 e. The molecule has 2 rings (SSSR count). The Hall–Kier alpha value is -2.62. The molecule has 0 fully saturated rings. The van der Waals surface area contributed by atoms with Crippen molar-refractivity contribution in [1.82, 2.24) is 4.98 Å². The fourth-order valence-corrected chi connectivity index (χ4v) is 1.65. The van der Waals surface area contributed by atoms with E-state index in [1.54, 1.807) is 24.5 Å². The second kappa shape index (κ2) is 6.22. The van der Waals surface area contributed by atoms with Crippen molar-refractivity contribution in [2.24, 2.45) is 0 Å². The van der Waals surface area contributed by atoms with Gasteiger partial charge in [-0.3, -0.25) is 4.98 Å². The van der Waals surface area contributed by atoms with Crippen molar-refractivity contribution in [3.63, 3.8) is 0 Å². The second-order valence-corrected chi connectivity index (χ2v) is 5.10. The van der Waals surface area contributed by atoms with E-state index in [-0.39, 0.29) is 0 Å². The molecule has 21 heavy (non-hydrogen) atoms. The summed E-state index contributed by atoms with van der Waals surface area (Å²) in [7, 11) is 0. The maximum atomic E-state index is 11.0. The van der Waals surface area contributed by atoms with Crippen molar-refractivity contribution in [1.29, 1.82) is 0 Å². The van der Waals surface area contributed by atoms with Crippen molar-refractivity contribution in [3.8, 4) is 5.75 Å². The summed E-state index contributed by atoms with van der Waals surface area (Å²) >= 11 is 0. The molecular weight excluding hydrogens is 266 g/mol. The Bertz CT molecular complexity index is 631. The molecule has 2 aromatic rings. The molecule has 0 aliphatic carbocycles. The van der Waals surface area contributed by atoms with E-state index in [4.69, 9.17) is 9.84 Å². The molecule has 0 atom stereocenters. The topological polar surface area (TPSA) is 59.4 Å². The first-order valence-corrected chi connectivity index (χ1v) is 6.58. The summed E-state index contributed by atoms with van der Waals surface area (Å²) in [6.07, 6.45) is 7.44. The fraction of sp³-hybridized carbons (Fsp3) is 0.176. The maximum Gasteiger partial charge on any atom is 0.347 e. The van der Waals surface area contributed by atoms with Crippen LogP contribution < -0.4 is 4.74 Å². The Kier molecular flexibility index (Phi) is 4.38. The van der Waals surface area contributed by atoms with Gasteiger partial charge in [0.05, 0.1) is 0 Å². The fourth-order valence-electron chi connectivity index (χ4n) is 1.65. The minimum Gasteiger partial charge on any atom is -0.478 e. The van der Waals surface area contributed by atoms with Gasteiger partial charge < -0.3 is 9.84 Å². The molecule has 108 valence electrons. The van der Waals surface area contributed by atoms with E-state index < -0.39 is 11.6 Å². The molecule has 0 aliphatic rings. The molecule has 1 N–H and O–H groups in total. The number of pyridine rings is 1. The third-order valence-electron chi connectivity index (χ3n) is 2.94. The van der Waals surface area contributed by atoms with Crippen LogP contribution in [-0.2, 0) is 4.79 Å². The quantitative estimate of drug-likeness (QED) is 0.912. The first-order valence-electron chi connectivity index (χ1n) is 6.58. The molecule has 0 saturated carbocycles. The summed E-state index contributed by atoms with van der Waals surface area (Å²) in [5.74, 6) is -0.465. The largest absolute Gasteiger partial charge is 0.478 e. The molecule has 1 heterocycles. The Morgan fingerprint density at radius 3 is 2.10 bits per heavy atom. The summed E-state index contributed by atoms with van der Waals surface area (Å²) < 4.78 is 5.45. The van der Waals surface area contributed by atoms with Gasteiger partial charge in [0.1, 0.15) is 5.75 Å². The number of carbonyl (C=O) groups is 1. The van der Waals surface area contributed by atoms with E-state index in [1.807, 2.05) is 36.4 Å². The lowest BCUT2D eigenvalue weighted by atomic mass is 10.1. The summed E-state index contributed by atoms with van der Waals surface area (Å²) in [5.41, 5.74) is 0.832. The Balaban J connectivity index is 2.06. The minimum atomic E-state index is -1.24. The average molecular weight is 283 g/mol. The van der Waals surface area contributed by atoms with Crippen LogP contribution in [0.5, 0.6) is 5.75 Å². The Morgan fingerprint density at radius 1 is 1.05 bits per heavy atom. The van der Waals surface area contributed by atoms with Gasteiger partial charge in [-0.05, 0) is 49.2 Å². The van der Waals surface area contributed by atoms with Crippen LogP contribution in [0.1, 0.15) is 25.0 Å². The number of aromatic nitrogens is 1. The SMILES string of the molecule is CC(C)(Oc1ccc(C=Cc2ccncc2)cc1)C(=O)O. The molecule has 1 aromatic carbocycles. The number of ether oxygens (including phenoxy) is 1. The molecule has 0 unspecified atom stereocenters. The number of rotatable bonds is 5. The van der Waals surface area contributed by atoms with Crippen LogP contribution in [0.3, 0.4) is 0 Å². The zero-order chi connectivity index (χ0) is 15.3. The highest BCUT2D eigenvalue weighted by Crippen LogP contribution is 2.20. The van der Waals surface area contributed by atoms with Gasteiger partial charge in [-0.25, -0.2) is 4.79 Å². The molecular formula is C17H17NO3. The van der Waals surface area contributed by atoms with Crippen molar-refractivity contribution in [2.45, 2.75) is 19.4 Å². The van der Waals surface area contributed by atoms with Crippen molar-refractivity contribution in [2.75, 3.05) is 0 Å². The molecule has 0 bridgehead atoms. The monoisotopic (exact) mass is 283 g/mol. The molecule has 1 aromatic heterocycles. The molecule has 0 aliphatic heterocycles. The standard InChI is InChI=1S/C17H17NO3/c1-17(2,16(19)20)21-15-7-5-13(6-8-15)3-4-14-9-11-18-12-10-14/h3-12H,1-2H3,(H,19,20). The van der Waals surface area contributed by atoms with Crippen molar-refractivity contribution < 1.29 is 14.6 Å². The Labute approximate surface area is 123 Å². The zero-order valence-corrected chi connectivity index (χ0v) is 12.0. The van der Waals surface area contributed by atoms with E-state index in [9.17, 15) is 4.79 Å². The molecule has 0 radical (unpaired) electrons. The minimum absolute atomic E-state index is 0.531. The molecule has 4 heteroatoms. The first kappa shape index (κ1) is 14.8. The highest BCUT2D eigenvalue weighted by Gasteiger charge is 2.29. The zero-order valence-electron chi connectivity index (χ0n) is 12.0. The predicted molar refractivity (Wildman–Crippen MR) is 81.9 cm³/mol. The van der Waals surface area contributed by atoms with Gasteiger partial charge in [-0.15, -0.1) is 0 Å². The Morgan fingerprint density at radius 2 is 1.57 bits per heavy atom. The van der Waals surface area contributed by atoms with Crippen molar-refractivity contribution in [3.05, 3.63) is 59.9 Å². The number of benzene rings is 1. The van der Waals surface area contributed by atoms with E-state index in [0.717, 1.165) is 11.1 Å². The lowest BCUT2D eigenvalue weighted by Crippen LogP contribution is -2.37. The lowest BCUT2D eigenvalue weighted by Gasteiger charge is -2.21. The van der Waals surface area contributed by atoms with E-state index in [2.05, 4.69) is 4.98 Å². The molecule has 4 nitrogen and oxygen atoms in total. The van der Waals surface area contributed by atoms with Crippen LogP contribution >= 0.6 is 0 Å². The summed E-state index contributed by atoms with van der Waals surface area (Å²) in [5, 5.41) is 9.03. The number of aliphatic carboxylic acids is 1. The highest BCUT2D eigenvalue weighted by molar-refractivity contribution is 5.76. The van der Waals surface area contributed by atoms with Gasteiger partial charge in [-0.2, -0.15) is 0 Å². The van der Waals surface area contributed by atoms with E-state index in [1.165, 1.54) is 13.8 Å². The number of carboxylic acid groups (broad SMARTS) is 1. The second-order valence-electron chi connectivity index (χ2n) is 5.10. The predicted octanol–water partition coefficient (Wildman–Crippen LogP) is 3.49. The van der Waals surface area contributed by atoms with Crippen LogP contribution in [0.2, 0.25) is 0 Å². The van der Waals surface area contributed by atoms with Gasteiger partial charge in [0.25, 0.3) is 0 Å².